The van der Waals surface area contributed by atoms with Crippen molar-refractivity contribution in [3.8, 4) is 0 Å². The molecule has 0 saturated heterocycles. The summed E-state index contributed by atoms with van der Waals surface area (Å²) >= 11 is 0. The van der Waals surface area contributed by atoms with Gasteiger partial charge in [0, 0.05) is 6.42 Å². The Labute approximate surface area is 79.5 Å². The summed E-state index contributed by atoms with van der Waals surface area (Å²) in [6.07, 6.45) is 0.799. The maximum Gasteiger partial charge on any atom is 0.0993 e. The van der Waals surface area contributed by atoms with Gasteiger partial charge in [0.2, 0.25) is 0 Å². The Bertz CT molecular complexity index is 327. The van der Waals surface area contributed by atoms with Crippen molar-refractivity contribution in [1.29, 1.82) is 0 Å². The molecule has 0 bridgehead atoms. The molecular weight excluding hydrogens is 160 g/mol. The zero-order valence-corrected chi connectivity index (χ0v) is 8.46. The van der Waals surface area contributed by atoms with E-state index in [4.69, 9.17) is 5.73 Å². The maximum atomic E-state index is 5.67. The number of aliphatic imine (C=N–C) groups is 1. The summed E-state index contributed by atoms with van der Waals surface area (Å²) in [6, 6.07) is 6.20. The predicted molar refractivity (Wildman–Crippen MR) is 57.5 cm³/mol. The summed E-state index contributed by atoms with van der Waals surface area (Å²) in [5.41, 5.74) is 9.04. The first-order chi connectivity index (χ1) is 6.13. The highest BCUT2D eigenvalue weighted by atomic mass is 14.9. The number of amidine groups is 1. The van der Waals surface area contributed by atoms with E-state index in [-0.39, 0.29) is 0 Å². The first-order valence-corrected chi connectivity index (χ1v) is 4.53. The van der Waals surface area contributed by atoms with Crippen molar-refractivity contribution in [2.24, 2.45) is 10.7 Å². The number of nitrogens with two attached hydrogens (primary N) is 1. The minimum atomic E-state index is 0.689. The van der Waals surface area contributed by atoms with Crippen LogP contribution in [-0.2, 0) is 0 Å². The molecule has 0 aliphatic heterocycles. The Morgan fingerprint density at radius 1 is 1.38 bits per heavy atom. The monoisotopic (exact) mass is 176 g/mol. The second-order valence-corrected chi connectivity index (χ2v) is 3.25. The zero-order chi connectivity index (χ0) is 9.84. The van der Waals surface area contributed by atoms with E-state index in [0.29, 0.717) is 5.84 Å². The van der Waals surface area contributed by atoms with E-state index in [9.17, 15) is 0 Å². The van der Waals surface area contributed by atoms with Crippen molar-refractivity contribution in [2.45, 2.75) is 27.2 Å². The minimum Gasteiger partial charge on any atom is -0.387 e. The van der Waals surface area contributed by atoms with Gasteiger partial charge in [0.1, 0.15) is 0 Å². The van der Waals surface area contributed by atoms with Gasteiger partial charge in [-0.2, -0.15) is 0 Å². The second kappa shape index (κ2) is 4.08. The van der Waals surface area contributed by atoms with Gasteiger partial charge >= 0.3 is 0 Å². The van der Waals surface area contributed by atoms with E-state index in [0.717, 1.165) is 12.1 Å². The number of hydrogen-bond donors (Lipinski definition) is 1. The molecule has 2 heteroatoms. The lowest BCUT2D eigenvalue weighted by Crippen LogP contribution is -2.08. The molecule has 0 saturated carbocycles. The smallest absolute Gasteiger partial charge is 0.0993 e. The molecule has 0 atom stereocenters. The van der Waals surface area contributed by atoms with Crippen molar-refractivity contribution >= 4 is 11.5 Å². The highest BCUT2D eigenvalue weighted by Gasteiger charge is 1.96. The summed E-state index contributed by atoms with van der Waals surface area (Å²) in [5, 5.41) is 0. The third kappa shape index (κ3) is 2.58. The fourth-order valence-corrected chi connectivity index (χ4v) is 1.07. The third-order valence-corrected chi connectivity index (χ3v) is 1.99. The molecule has 1 aromatic rings. The molecule has 0 radical (unpaired) electrons. The molecule has 13 heavy (non-hydrogen) atoms. The molecule has 2 nitrogen and oxygen atoms in total. The summed E-state index contributed by atoms with van der Waals surface area (Å²) < 4.78 is 0. The molecule has 2 N–H and O–H groups in total. The third-order valence-electron chi connectivity index (χ3n) is 1.99. The number of benzene rings is 1. The van der Waals surface area contributed by atoms with Crippen LogP contribution in [0, 0.1) is 13.8 Å². The predicted octanol–water partition coefficient (Wildman–Crippen LogP) is 2.70. The molecule has 0 aliphatic rings. The van der Waals surface area contributed by atoms with Crippen LogP contribution in [0.4, 0.5) is 5.69 Å². The van der Waals surface area contributed by atoms with E-state index in [1.165, 1.54) is 11.1 Å². The highest BCUT2D eigenvalue weighted by Crippen LogP contribution is 2.19. The van der Waals surface area contributed by atoms with Gasteiger partial charge < -0.3 is 5.73 Å². The molecule has 0 heterocycles. The highest BCUT2D eigenvalue weighted by molar-refractivity contribution is 5.83. The quantitative estimate of drug-likeness (QED) is 0.546. The molecule has 0 unspecified atom stereocenters. The maximum absolute atomic E-state index is 5.67. The summed E-state index contributed by atoms with van der Waals surface area (Å²) in [4.78, 5) is 4.33. The molecule has 0 aliphatic carbocycles. The van der Waals surface area contributed by atoms with Crippen molar-refractivity contribution in [2.75, 3.05) is 0 Å². The van der Waals surface area contributed by atoms with Crippen molar-refractivity contribution in [3.63, 3.8) is 0 Å². The topological polar surface area (TPSA) is 38.4 Å². The fourth-order valence-electron chi connectivity index (χ4n) is 1.07. The first-order valence-electron chi connectivity index (χ1n) is 4.53. The average molecular weight is 176 g/mol. The molecular formula is C11H16N2. The van der Waals surface area contributed by atoms with Crippen LogP contribution in [0.3, 0.4) is 0 Å². The molecule has 0 amide bonds. The van der Waals surface area contributed by atoms with Crippen LogP contribution in [-0.4, -0.2) is 5.84 Å². The van der Waals surface area contributed by atoms with Crippen molar-refractivity contribution in [1.82, 2.24) is 0 Å². The van der Waals surface area contributed by atoms with Crippen LogP contribution in [0.1, 0.15) is 24.5 Å². The van der Waals surface area contributed by atoms with Gasteiger partial charge in [0.15, 0.2) is 0 Å². The number of nitrogens with zero attached hydrogens (tertiary/aromatic N) is 1. The normalized spacial score (nSPS) is 11.8. The summed E-state index contributed by atoms with van der Waals surface area (Å²) in [5.74, 6) is 0.689. The van der Waals surface area contributed by atoms with Gasteiger partial charge in [-0.15, -0.1) is 0 Å². The minimum absolute atomic E-state index is 0.689. The van der Waals surface area contributed by atoms with E-state index in [2.05, 4.69) is 30.1 Å². The van der Waals surface area contributed by atoms with Crippen molar-refractivity contribution in [3.05, 3.63) is 29.3 Å². The van der Waals surface area contributed by atoms with Gasteiger partial charge in [-0.05, 0) is 31.0 Å². The second-order valence-electron chi connectivity index (χ2n) is 3.25. The van der Waals surface area contributed by atoms with Gasteiger partial charge in [0.25, 0.3) is 0 Å². The van der Waals surface area contributed by atoms with Crippen LogP contribution in [0.2, 0.25) is 0 Å². The van der Waals surface area contributed by atoms with Crippen LogP contribution in [0.5, 0.6) is 0 Å². The Kier molecular flexibility index (Phi) is 3.07. The van der Waals surface area contributed by atoms with E-state index < -0.39 is 0 Å². The van der Waals surface area contributed by atoms with Crippen LogP contribution >= 0.6 is 0 Å². The lowest BCUT2D eigenvalue weighted by Gasteiger charge is -2.02. The standard InChI is InChI=1S/C11H16N2/c1-4-11(12)13-10-7-8(2)5-6-9(10)3/h5-7H,4H2,1-3H3,(H2,12,13). The number of aryl methyl sites for hydroxylation is 2. The van der Waals surface area contributed by atoms with E-state index in [1.54, 1.807) is 0 Å². The molecule has 0 spiro atoms. The van der Waals surface area contributed by atoms with Gasteiger partial charge in [-0.1, -0.05) is 19.1 Å². The van der Waals surface area contributed by atoms with Crippen LogP contribution in [0.15, 0.2) is 23.2 Å². The van der Waals surface area contributed by atoms with Gasteiger partial charge in [0.05, 0.1) is 11.5 Å². The van der Waals surface area contributed by atoms with Crippen LogP contribution < -0.4 is 5.73 Å². The first kappa shape index (κ1) is 9.78. The van der Waals surface area contributed by atoms with Crippen molar-refractivity contribution < 1.29 is 0 Å². The molecule has 1 aromatic carbocycles. The lowest BCUT2D eigenvalue weighted by atomic mass is 10.1. The van der Waals surface area contributed by atoms with Crippen LogP contribution in [0.25, 0.3) is 0 Å². The fraction of sp³-hybridized carbons (Fsp3) is 0.364. The Balaban J connectivity index is 3.07. The number of hydrogen-bond acceptors (Lipinski definition) is 1. The largest absolute Gasteiger partial charge is 0.387 e. The SMILES string of the molecule is CCC(N)=Nc1cc(C)ccc1C. The Hall–Kier alpha value is -1.31. The average Bonchev–Trinajstić information content (AvgIpc) is 2.11. The summed E-state index contributed by atoms with van der Waals surface area (Å²) in [6.45, 7) is 6.10. The Morgan fingerprint density at radius 3 is 2.69 bits per heavy atom. The molecule has 0 fully saturated rings. The molecule has 0 aromatic heterocycles. The Morgan fingerprint density at radius 2 is 2.08 bits per heavy atom. The summed E-state index contributed by atoms with van der Waals surface area (Å²) in [7, 11) is 0. The molecule has 70 valence electrons. The molecule has 1 rings (SSSR count). The van der Waals surface area contributed by atoms with Gasteiger partial charge in [-0.3, -0.25) is 0 Å². The zero-order valence-electron chi connectivity index (χ0n) is 8.46. The van der Waals surface area contributed by atoms with E-state index in [1.807, 2.05) is 13.8 Å². The lowest BCUT2D eigenvalue weighted by molar-refractivity contribution is 1.22. The number of rotatable bonds is 2. The van der Waals surface area contributed by atoms with E-state index >= 15 is 0 Å². The van der Waals surface area contributed by atoms with Gasteiger partial charge in [-0.25, -0.2) is 4.99 Å².